The van der Waals surface area contributed by atoms with Crippen LogP contribution in [0.5, 0.6) is 0 Å². The minimum Gasteiger partial charge on any atom is -0.376 e. The second kappa shape index (κ2) is 4.76. The van der Waals surface area contributed by atoms with E-state index >= 15 is 0 Å². The van der Waals surface area contributed by atoms with E-state index in [9.17, 15) is 0 Å². The summed E-state index contributed by atoms with van der Waals surface area (Å²) in [6.07, 6.45) is 3.31. The lowest BCUT2D eigenvalue weighted by atomic mass is 10.0. The van der Waals surface area contributed by atoms with Crippen LogP contribution in [0.1, 0.15) is 35.8 Å². The second-order valence-corrected chi connectivity index (χ2v) is 4.80. The van der Waals surface area contributed by atoms with Crippen molar-refractivity contribution in [3.63, 3.8) is 0 Å². The Labute approximate surface area is 101 Å². The van der Waals surface area contributed by atoms with Crippen molar-refractivity contribution in [1.29, 1.82) is 0 Å². The zero-order valence-corrected chi connectivity index (χ0v) is 10.1. The largest absolute Gasteiger partial charge is 0.376 e. The Hall–Kier alpha value is -0.910. The maximum absolute atomic E-state index is 5.77. The molecule has 1 aromatic rings. The quantitative estimate of drug-likeness (QED) is 0.777. The number of rotatable bonds is 2. The summed E-state index contributed by atoms with van der Waals surface area (Å²) in [6.45, 7) is 4.20. The Morgan fingerprint density at radius 2 is 2.24 bits per heavy atom. The van der Waals surface area contributed by atoms with E-state index in [1.807, 2.05) is 0 Å². The van der Waals surface area contributed by atoms with Gasteiger partial charge in [-0.1, -0.05) is 0 Å². The van der Waals surface area contributed by atoms with E-state index in [4.69, 9.17) is 15.6 Å². The van der Waals surface area contributed by atoms with Crippen LogP contribution >= 0.6 is 0 Å². The van der Waals surface area contributed by atoms with E-state index in [0.717, 1.165) is 31.8 Å². The topological polar surface area (TPSA) is 65.1 Å². The highest BCUT2D eigenvalue weighted by Crippen LogP contribution is 2.27. The highest BCUT2D eigenvalue weighted by atomic mass is 16.5. The Balaban J connectivity index is 1.95. The third-order valence-electron chi connectivity index (χ3n) is 3.78. The summed E-state index contributed by atoms with van der Waals surface area (Å²) in [7, 11) is 0. The molecule has 0 aromatic carbocycles. The van der Waals surface area contributed by atoms with Gasteiger partial charge >= 0.3 is 0 Å². The lowest BCUT2D eigenvalue weighted by Gasteiger charge is -2.26. The van der Waals surface area contributed by atoms with Crippen molar-refractivity contribution < 1.29 is 4.74 Å². The van der Waals surface area contributed by atoms with Crippen molar-refractivity contribution >= 4 is 0 Å². The minimum atomic E-state index is 0.518. The number of ether oxygens (including phenoxy) is 1. The Morgan fingerprint density at radius 1 is 1.41 bits per heavy atom. The molecule has 3 heterocycles. The van der Waals surface area contributed by atoms with Crippen molar-refractivity contribution in [3.8, 4) is 0 Å². The van der Waals surface area contributed by atoms with Gasteiger partial charge in [-0.3, -0.25) is 4.68 Å². The summed E-state index contributed by atoms with van der Waals surface area (Å²) in [5.41, 5.74) is 9.41. The Morgan fingerprint density at radius 3 is 3.00 bits per heavy atom. The summed E-state index contributed by atoms with van der Waals surface area (Å²) in [5, 5.41) is 8.11. The van der Waals surface area contributed by atoms with Crippen molar-refractivity contribution in [1.82, 2.24) is 15.1 Å². The summed E-state index contributed by atoms with van der Waals surface area (Å²) >= 11 is 0. The molecule has 5 nitrogen and oxygen atoms in total. The number of fused-ring (bicyclic) bond motifs is 1. The van der Waals surface area contributed by atoms with Gasteiger partial charge in [-0.2, -0.15) is 5.10 Å². The lowest BCUT2D eigenvalue weighted by molar-refractivity contribution is 0.107. The predicted molar refractivity (Wildman–Crippen MR) is 64.6 cm³/mol. The molecule has 0 bridgehead atoms. The van der Waals surface area contributed by atoms with Crippen LogP contribution in [0.2, 0.25) is 0 Å². The first-order valence-electron chi connectivity index (χ1n) is 6.48. The SMILES string of the molecule is NCc1nn(C2CCNCC2)c2c1COCC2. The molecule has 0 aliphatic carbocycles. The molecule has 0 amide bonds. The van der Waals surface area contributed by atoms with Gasteiger partial charge in [0.15, 0.2) is 0 Å². The molecule has 94 valence electrons. The Kier molecular flexibility index (Phi) is 3.13. The highest BCUT2D eigenvalue weighted by Gasteiger charge is 2.25. The molecule has 1 aromatic heterocycles. The summed E-state index contributed by atoms with van der Waals surface area (Å²) < 4.78 is 7.75. The van der Waals surface area contributed by atoms with Gasteiger partial charge in [-0.25, -0.2) is 0 Å². The molecule has 2 aliphatic heterocycles. The zero-order chi connectivity index (χ0) is 11.7. The first-order chi connectivity index (χ1) is 8.40. The number of nitrogens with zero attached hydrogens (tertiary/aromatic N) is 2. The summed E-state index contributed by atoms with van der Waals surface area (Å²) in [4.78, 5) is 0. The minimum absolute atomic E-state index is 0.518. The van der Waals surface area contributed by atoms with Gasteiger partial charge in [0, 0.05) is 24.2 Å². The molecule has 3 rings (SSSR count). The van der Waals surface area contributed by atoms with Crippen molar-refractivity contribution in [2.24, 2.45) is 5.73 Å². The van der Waals surface area contributed by atoms with E-state index in [1.165, 1.54) is 24.1 Å². The van der Waals surface area contributed by atoms with E-state index in [2.05, 4.69) is 10.00 Å². The molecular formula is C12H20N4O. The first-order valence-corrected chi connectivity index (χ1v) is 6.48. The van der Waals surface area contributed by atoms with Crippen molar-refractivity contribution in [3.05, 3.63) is 17.0 Å². The Bertz CT molecular complexity index is 395. The van der Waals surface area contributed by atoms with Gasteiger partial charge in [0.1, 0.15) is 0 Å². The van der Waals surface area contributed by atoms with Crippen LogP contribution in [0.3, 0.4) is 0 Å². The summed E-state index contributed by atoms with van der Waals surface area (Å²) in [5.74, 6) is 0. The van der Waals surface area contributed by atoms with E-state index in [1.54, 1.807) is 0 Å². The third-order valence-corrected chi connectivity index (χ3v) is 3.78. The standard InChI is InChI=1S/C12H20N4O/c13-7-11-10-8-17-6-3-12(10)16(15-11)9-1-4-14-5-2-9/h9,14H,1-8,13H2. The molecule has 1 fully saturated rings. The van der Waals surface area contributed by atoms with Gasteiger partial charge in [0.05, 0.1) is 24.9 Å². The van der Waals surface area contributed by atoms with Gasteiger partial charge in [-0.15, -0.1) is 0 Å². The molecule has 0 spiro atoms. The molecular weight excluding hydrogens is 216 g/mol. The fourth-order valence-corrected chi connectivity index (χ4v) is 2.85. The third kappa shape index (κ3) is 1.99. The molecule has 0 radical (unpaired) electrons. The summed E-state index contributed by atoms with van der Waals surface area (Å²) in [6, 6.07) is 0.545. The van der Waals surface area contributed by atoms with E-state index in [-0.39, 0.29) is 0 Å². The fraction of sp³-hybridized carbons (Fsp3) is 0.750. The van der Waals surface area contributed by atoms with Gasteiger partial charge in [0.25, 0.3) is 0 Å². The zero-order valence-electron chi connectivity index (χ0n) is 10.1. The number of nitrogens with one attached hydrogen (secondary N) is 1. The van der Waals surface area contributed by atoms with Crippen LogP contribution in [0.4, 0.5) is 0 Å². The van der Waals surface area contributed by atoms with Crippen LogP contribution in [0.25, 0.3) is 0 Å². The normalized spacial score (nSPS) is 21.5. The second-order valence-electron chi connectivity index (χ2n) is 4.80. The number of hydrogen-bond donors (Lipinski definition) is 2. The van der Waals surface area contributed by atoms with Gasteiger partial charge < -0.3 is 15.8 Å². The van der Waals surface area contributed by atoms with Crippen LogP contribution < -0.4 is 11.1 Å². The molecule has 3 N–H and O–H groups in total. The average molecular weight is 236 g/mol. The average Bonchev–Trinajstić information content (AvgIpc) is 2.78. The van der Waals surface area contributed by atoms with Crippen LogP contribution in [0, 0.1) is 0 Å². The lowest BCUT2D eigenvalue weighted by Crippen LogP contribution is -2.31. The number of hydrogen-bond acceptors (Lipinski definition) is 4. The highest BCUT2D eigenvalue weighted by molar-refractivity contribution is 5.28. The van der Waals surface area contributed by atoms with E-state index < -0.39 is 0 Å². The number of nitrogens with two attached hydrogens (primary N) is 1. The molecule has 0 unspecified atom stereocenters. The number of aromatic nitrogens is 2. The fourth-order valence-electron chi connectivity index (χ4n) is 2.85. The molecule has 2 aliphatic rings. The first kappa shape index (κ1) is 11.2. The van der Waals surface area contributed by atoms with Crippen molar-refractivity contribution in [2.45, 2.75) is 38.5 Å². The van der Waals surface area contributed by atoms with E-state index in [0.29, 0.717) is 19.2 Å². The number of piperidine rings is 1. The maximum Gasteiger partial charge on any atom is 0.0818 e. The molecule has 0 saturated carbocycles. The van der Waals surface area contributed by atoms with Crippen LogP contribution in [-0.2, 0) is 24.3 Å². The van der Waals surface area contributed by atoms with Gasteiger partial charge in [0.2, 0.25) is 0 Å². The molecule has 5 heteroatoms. The van der Waals surface area contributed by atoms with Crippen LogP contribution in [-0.4, -0.2) is 29.5 Å². The maximum atomic E-state index is 5.77. The predicted octanol–water partition coefficient (Wildman–Crippen LogP) is 0.339. The molecule has 1 saturated heterocycles. The molecule has 17 heavy (non-hydrogen) atoms. The van der Waals surface area contributed by atoms with Gasteiger partial charge in [-0.05, 0) is 25.9 Å². The monoisotopic (exact) mass is 236 g/mol. The smallest absolute Gasteiger partial charge is 0.0818 e. The van der Waals surface area contributed by atoms with Crippen LogP contribution in [0.15, 0.2) is 0 Å². The molecule has 0 atom stereocenters. The van der Waals surface area contributed by atoms with Crippen molar-refractivity contribution in [2.75, 3.05) is 19.7 Å².